The smallest absolute Gasteiger partial charge is 0.175 e. The van der Waals surface area contributed by atoms with Crippen LogP contribution in [0.1, 0.15) is 30.1 Å². The fourth-order valence-corrected chi connectivity index (χ4v) is 3.38. The van der Waals surface area contributed by atoms with Gasteiger partial charge >= 0.3 is 0 Å². The van der Waals surface area contributed by atoms with E-state index in [0.717, 1.165) is 30.6 Å². The Balaban J connectivity index is 1.82. The van der Waals surface area contributed by atoms with Crippen LogP contribution in [-0.2, 0) is 16.3 Å². The van der Waals surface area contributed by atoms with Crippen LogP contribution in [0.5, 0.6) is 0 Å². The number of sulfone groups is 1. The molecule has 0 fully saturated rings. The molecule has 0 spiro atoms. The molecule has 0 saturated carbocycles. The molecule has 3 rings (SSSR count). The van der Waals surface area contributed by atoms with Crippen LogP contribution in [0.2, 0.25) is 0 Å². The van der Waals surface area contributed by atoms with Crippen molar-refractivity contribution < 1.29 is 8.42 Å². The second kappa shape index (κ2) is 5.48. The van der Waals surface area contributed by atoms with E-state index < -0.39 is 9.84 Å². The maximum atomic E-state index is 11.5. The quantitative estimate of drug-likeness (QED) is 0.947. The molecule has 0 amide bonds. The van der Waals surface area contributed by atoms with E-state index in [1.54, 1.807) is 12.1 Å². The fraction of sp³-hybridized carbons (Fsp3) is 0.312. The molecule has 0 radical (unpaired) electrons. The summed E-state index contributed by atoms with van der Waals surface area (Å²) in [6, 6.07) is 11.2. The number of nitrogens with one attached hydrogen (secondary N) is 1. The molecule has 0 bridgehead atoms. The van der Waals surface area contributed by atoms with Gasteiger partial charge in [-0.05, 0) is 55.2 Å². The third-order valence-corrected chi connectivity index (χ3v) is 4.95. The second-order valence-corrected chi connectivity index (χ2v) is 7.45. The minimum Gasteiger partial charge on any atom is -0.377 e. The van der Waals surface area contributed by atoms with Crippen molar-refractivity contribution in [2.75, 3.05) is 11.6 Å². The average molecular weight is 302 g/mol. The number of nitrogens with zero attached hydrogens (tertiary/aromatic N) is 1. The molecule has 0 aliphatic heterocycles. The number of aromatic nitrogens is 1. The van der Waals surface area contributed by atoms with Crippen molar-refractivity contribution in [3.8, 4) is 0 Å². The molecule has 110 valence electrons. The first-order valence-electron chi connectivity index (χ1n) is 7.04. The number of anilines is 1. The second-order valence-electron chi connectivity index (χ2n) is 5.43. The van der Waals surface area contributed by atoms with Crippen molar-refractivity contribution >= 4 is 15.5 Å². The topological polar surface area (TPSA) is 59.1 Å². The summed E-state index contributed by atoms with van der Waals surface area (Å²) in [5.74, 6) is 0. The van der Waals surface area contributed by atoms with Gasteiger partial charge in [-0.15, -0.1) is 0 Å². The highest BCUT2D eigenvalue weighted by Crippen LogP contribution is 2.31. The number of benzene rings is 1. The summed E-state index contributed by atoms with van der Waals surface area (Å²) in [6.07, 6.45) is 6.30. The molecular weight excluding hydrogens is 284 g/mol. The zero-order valence-electron chi connectivity index (χ0n) is 11.9. The number of pyridine rings is 1. The van der Waals surface area contributed by atoms with Gasteiger partial charge in [0.2, 0.25) is 0 Å². The lowest BCUT2D eigenvalue weighted by Gasteiger charge is -2.26. The minimum atomic E-state index is -3.14. The normalized spacial score (nSPS) is 18.0. The third kappa shape index (κ3) is 3.08. The van der Waals surface area contributed by atoms with Gasteiger partial charge in [0.25, 0.3) is 0 Å². The lowest BCUT2D eigenvalue weighted by Crippen LogP contribution is -2.18. The largest absolute Gasteiger partial charge is 0.377 e. The summed E-state index contributed by atoms with van der Waals surface area (Å²) in [7, 11) is -3.14. The lowest BCUT2D eigenvalue weighted by molar-refractivity contribution is 0.583. The molecule has 4 nitrogen and oxygen atoms in total. The highest BCUT2D eigenvalue weighted by Gasteiger charge is 2.21. The van der Waals surface area contributed by atoms with E-state index in [-0.39, 0.29) is 6.04 Å². The van der Waals surface area contributed by atoms with Crippen LogP contribution in [0, 0.1) is 0 Å². The number of rotatable bonds is 3. The maximum Gasteiger partial charge on any atom is 0.175 e. The van der Waals surface area contributed by atoms with Crippen molar-refractivity contribution in [1.82, 2.24) is 4.98 Å². The van der Waals surface area contributed by atoms with Crippen LogP contribution in [0.4, 0.5) is 5.69 Å². The summed E-state index contributed by atoms with van der Waals surface area (Å²) >= 11 is 0. The average Bonchev–Trinajstić information content (AvgIpc) is 2.47. The zero-order valence-corrected chi connectivity index (χ0v) is 12.7. The number of aryl methyl sites for hydroxylation is 1. The molecule has 0 saturated heterocycles. The van der Waals surface area contributed by atoms with Gasteiger partial charge in [-0.1, -0.05) is 6.07 Å². The van der Waals surface area contributed by atoms with E-state index in [9.17, 15) is 8.42 Å². The Labute approximate surface area is 125 Å². The molecular formula is C16H18N2O2S. The van der Waals surface area contributed by atoms with Gasteiger partial charge in [-0.2, -0.15) is 0 Å². The summed E-state index contributed by atoms with van der Waals surface area (Å²) in [4.78, 5) is 4.84. The highest BCUT2D eigenvalue weighted by atomic mass is 32.2. The van der Waals surface area contributed by atoms with E-state index in [1.165, 1.54) is 11.8 Å². The molecule has 1 heterocycles. The van der Waals surface area contributed by atoms with Crippen LogP contribution >= 0.6 is 0 Å². The van der Waals surface area contributed by atoms with E-state index in [1.807, 2.05) is 24.4 Å². The maximum absolute atomic E-state index is 11.5. The van der Waals surface area contributed by atoms with Gasteiger partial charge in [0.05, 0.1) is 16.6 Å². The van der Waals surface area contributed by atoms with E-state index in [0.29, 0.717) is 4.90 Å². The SMILES string of the molecule is CS(=O)(=O)c1ccc(NC2CCCc3cccnc32)cc1. The van der Waals surface area contributed by atoms with Gasteiger partial charge in [0.15, 0.2) is 9.84 Å². The Morgan fingerprint density at radius 2 is 1.95 bits per heavy atom. The van der Waals surface area contributed by atoms with Crippen molar-refractivity contribution in [2.24, 2.45) is 0 Å². The van der Waals surface area contributed by atoms with Crippen LogP contribution in [0.3, 0.4) is 0 Å². The van der Waals surface area contributed by atoms with Crippen LogP contribution in [-0.4, -0.2) is 19.7 Å². The summed E-state index contributed by atoms with van der Waals surface area (Å²) in [5, 5.41) is 3.46. The molecule has 5 heteroatoms. The minimum absolute atomic E-state index is 0.194. The predicted molar refractivity (Wildman–Crippen MR) is 83.1 cm³/mol. The van der Waals surface area contributed by atoms with E-state index >= 15 is 0 Å². The van der Waals surface area contributed by atoms with Gasteiger partial charge in [-0.3, -0.25) is 4.98 Å². The number of fused-ring (bicyclic) bond motifs is 1. The first-order valence-corrected chi connectivity index (χ1v) is 8.93. The van der Waals surface area contributed by atoms with Gasteiger partial charge in [0.1, 0.15) is 0 Å². The van der Waals surface area contributed by atoms with Gasteiger partial charge < -0.3 is 5.32 Å². The Bertz CT molecular complexity index is 739. The Morgan fingerprint density at radius 1 is 1.19 bits per heavy atom. The van der Waals surface area contributed by atoms with Crippen LogP contribution in [0.25, 0.3) is 0 Å². The Morgan fingerprint density at radius 3 is 2.67 bits per heavy atom. The Hall–Kier alpha value is -1.88. The first kappa shape index (κ1) is 14.1. The number of hydrogen-bond donors (Lipinski definition) is 1. The molecule has 2 aromatic rings. The van der Waals surface area contributed by atoms with Crippen LogP contribution < -0.4 is 5.32 Å². The van der Waals surface area contributed by atoms with Crippen LogP contribution in [0.15, 0.2) is 47.5 Å². The highest BCUT2D eigenvalue weighted by molar-refractivity contribution is 7.90. The zero-order chi connectivity index (χ0) is 14.9. The molecule has 1 aromatic carbocycles. The summed E-state index contributed by atoms with van der Waals surface area (Å²) in [6.45, 7) is 0. The lowest BCUT2D eigenvalue weighted by atomic mass is 9.92. The van der Waals surface area contributed by atoms with E-state index in [2.05, 4.69) is 16.4 Å². The molecule has 21 heavy (non-hydrogen) atoms. The standard InChI is InChI=1S/C16H18N2O2S/c1-21(19,20)14-9-7-13(8-10-14)18-15-6-2-4-12-5-3-11-17-16(12)15/h3,5,7-11,15,18H,2,4,6H2,1H3. The van der Waals surface area contributed by atoms with Crippen molar-refractivity contribution in [1.29, 1.82) is 0 Å². The van der Waals surface area contributed by atoms with Gasteiger partial charge in [-0.25, -0.2) is 8.42 Å². The molecule has 1 N–H and O–H groups in total. The molecule has 1 aliphatic carbocycles. The third-order valence-electron chi connectivity index (χ3n) is 3.82. The number of hydrogen-bond acceptors (Lipinski definition) is 4. The summed E-state index contributed by atoms with van der Waals surface area (Å²) in [5.41, 5.74) is 3.33. The first-order chi connectivity index (χ1) is 10.0. The van der Waals surface area contributed by atoms with Crippen molar-refractivity contribution in [2.45, 2.75) is 30.2 Å². The van der Waals surface area contributed by atoms with Gasteiger partial charge in [0, 0.05) is 18.1 Å². The Kier molecular flexibility index (Phi) is 3.68. The van der Waals surface area contributed by atoms with Crippen molar-refractivity contribution in [3.63, 3.8) is 0 Å². The molecule has 1 unspecified atom stereocenters. The van der Waals surface area contributed by atoms with Crippen molar-refractivity contribution in [3.05, 3.63) is 53.9 Å². The van der Waals surface area contributed by atoms with E-state index in [4.69, 9.17) is 0 Å². The molecule has 1 atom stereocenters. The predicted octanol–water partition coefficient (Wildman–Crippen LogP) is 2.97. The molecule has 1 aromatic heterocycles. The summed E-state index contributed by atoms with van der Waals surface area (Å²) < 4.78 is 22.9. The molecule has 1 aliphatic rings. The monoisotopic (exact) mass is 302 g/mol. The fourth-order valence-electron chi connectivity index (χ4n) is 2.75.